The van der Waals surface area contributed by atoms with E-state index in [1.54, 1.807) is 0 Å². The molecule has 0 radical (unpaired) electrons. The van der Waals surface area contributed by atoms with Crippen LogP contribution in [0.25, 0.3) is 0 Å². The van der Waals surface area contributed by atoms with Crippen LogP contribution in [0.2, 0.25) is 0 Å². The maximum Gasteiger partial charge on any atom is 5.00 e. The van der Waals surface area contributed by atoms with Crippen LogP contribution >= 0.6 is 0 Å². The molecular weight excluding hydrogens is 1910 g/mol. The number of hydrogen-bond acceptors (Lipinski definition) is 15. The minimum Gasteiger partial charge on any atom is -1.00 e. The summed E-state index contributed by atoms with van der Waals surface area (Å²) in [4.78, 5) is 0. The first-order chi connectivity index (χ1) is 52.1. The minimum atomic E-state index is -0.976. The van der Waals surface area contributed by atoms with Gasteiger partial charge in [-0.05, 0) is 293 Å². The molecule has 0 fully saturated rings. The average Bonchev–Trinajstić information content (AvgIpc) is 1.65. The summed E-state index contributed by atoms with van der Waals surface area (Å²) in [6, 6.07) is 0. The molecule has 15 aromatic rings. The molecule has 0 unspecified atom stereocenters. The zero-order valence-corrected chi connectivity index (χ0v) is 83.2. The SMILES string of the molecule is Cc1n[nH]c(C)c1[BH-](c1c(C)n[nH]c1C)c1c(C)n[nH]c1C.Cc1n[nH]c(C)c1[BH-](c1c(C)n[nH]c1C)c1c(C)n[nH]c1C.Cc1n[nH]c(C)c1[BH-](c1c(C)n[nH]c1C)c1c(C)n[nH]c1C.Cc1n[nH]c(C)c1[BH-](c1c(C)n[nH]c1C)c1c(C)n[nH]c1C.Cc1n[nH]c(C)c1[BH-](c1c(C)n[nH]c1C)c1c(C)n[nH]c1C.[Cl-].[Cl-].[Cl-].[Cl-].[Cl-].[Ta+5].[Ta+5]. The topological polar surface area (TPSA) is 430 Å². The van der Waals surface area contributed by atoms with Crippen LogP contribution in [0, 0.1) is 208 Å². The van der Waals surface area contributed by atoms with Crippen molar-refractivity contribution in [3.8, 4) is 0 Å². The van der Waals surface area contributed by atoms with Crippen molar-refractivity contribution in [2.45, 2.75) is 208 Å². The van der Waals surface area contributed by atoms with Crippen molar-refractivity contribution in [3.63, 3.8) is 0 Å². The number of aromatic amines is 15. The van der Waals surface area contributed by atoms with Crippen LogP contribution in [0.5, 0.6) is 0 Å². The zero-order valence-electron chi connectivity index (χ0n) is 73.0. The first kappa shape index (κ1) is 101. The first-order valence-corrected chi connectivity index (χ1v) is 38.3. The van der Waals surface area contributed by atoms with Crippen LogP contribution in [0.1, 0.15) is 171 Å². The molecule has 15 rings (SSSR count). The van der Waals surface area contributed by atoms with Crippen molar-refractivity contribution in [3.05, 3.63) is 171 Å². The summed E-state index contributed by atoms with van der Waals surface area (Å²) >= 11 is 0. The average molecular weight is 2030 g/mol. The smallest absolute Gasteiger partial charge is 1.00 e. The van der Waals surface area contributed by atoms with E-state index in [2.05, 4.69) is 361 Å². The predicted octanol–water partition coefficient (Wildman–Crippen LogP) is -15.2. The van der Waals surface area contributed by atoms with Gasteiger partial charge in [0.25, 0.3) is 0 Å². The Hall–Kier alpha value is -8.59. The molecule has 0 aliphatic carbocycles. The van der Waals surface area contributed by atoms with Gasteiger partial charge in [0.15, 0.2) is 0 Å². The van der Waals surface area contributed by atoms with Crippen LogP contribution in [-0.2, 0) is 44.8 Å². The normalized spacial score (nSPS) is 10.9. The summed E-state index contributed by atoms with van der Waals surface area (Å²) in [5.74, 6) is 0. The number of nitrogens with one attached hydrogen (secondary N) is 15. The van der Waals surface area contributed by atoms with Gasteiger partial charge in [-0.3, -0.25) is 76.5 Å². The van der Waals surface area contributed by atoms with Gasteiger partial charge >= 0.3 is 44.8 Å². The van der Waals surface area contributed by atoms with Crippen LogP contribution in [0.4, 0.5) is 0 Å². The van der Waals surface area contributed by atoms with Crippen molar-refractivity contribution in [1.29, 1.82) is 0 Å². The summed E-state index contributed by atoms with van der Waals surface area (Å²) in [6.07, 6.45) is 0. The van der Waals surface area contributed by atoms with E-state index >= 15 is 0 Å². The predicted molar refractivity (Wildman–Crippen MR) is 451 cm³/mol. The van der Waals surface area contributed by atoms with Crippen LogP contribution in [-0.4, -0.2) is 187 Å². The Kier molecular flexibility index (Phi) is 35.6. The summed E-state index contributed by atoms with van der Waals surface area (Å²) in [6.45, 7) is 57.4. The Morgan fingerprint density at radius 1 is 0.120 bits per heavy atom. The van der Waals surface area contributed by atoms with Crippen molar-refractivity contribution < 1.29 is 107 Å². The molecule has 0 saturated carbocycles. The Morgan fingerprint density at radius 2 is 0.171 bits per heavy atom. The standard InChI is InChI=1S/5C15H22BN6.5ClH.2Ta/c5*1-7-13(8(2)18-17-7)16(14-9(3)19-20-10(14)4)15-11(5)21-22-12(15)6;;;;;;;/h5*16H,1-6H3,(H,17,18)(H,19,20)(H,21,22);5*1H;;/q5*-1;;;;;;2*+5/p-5. The van der Waals surface area contributed by atoms with Gasteiger partial charge in [0.1, 0.15) is 0 Å². The van der Waals surface area contributed by atoms with Gasteiger partial charge in [-0.1, -0.05) is 0 Å². The summed E-state index contributed by atoms with van der Waals surface area (Å²) in [5.41, 5.74) is 52.0. The van der Waals surface area contributed by atoms with E-state index < -0.39 is 33.6 Å². The van der Waals surface area contributed by atoms with Gasteiger partial charge in [-0.25, -0.2) is 0 Å². The second-order valence-corrected chi connectivity index (χ2v) is 31.3. The molecule has 0 amide bonds. The Balaban J connectivity index is 0.000000303. The van der Waals surface area contributed by atoms with Gasteiger partial charge in [-0.15, -0.1) is 0 Å². The number of aryl methyl sites for hydroxylation is 30. The van der Waals surface area contributed by atoms with Gasteiger partial charge in [0.05, 0.1) is 33.6 Å². The molecule has 15 heterocycles. The van der Waals surface area contributed by atoms with Gasteiger partial charge < -0.3 is 62.0 Å². The molecule has 15 N–H and O–H groups in total. The maximum atomic E-state index is 4.41. The molecule has 30 nitrogen and oxygen atoms in total. The van der Waals surface area contributed by atoms with Gasteiger partial charge in [-0.2, -0.15) is 158 Å². The molecular formula is C75H110B5Cl5N30Ta2. The molecule has 15 aromatic heterocycles. The van der Waals surface area contributed by atoms with Gasteiger partial charge in [0.2, 0.25) is 0 Å². The Labute approximate surface area is 747 Å². The summed E-state index contributed by atoms with van der Waals surface area (Å²) in [7, 11) is 0. The van der Waals surface area contributed by atoms with Crippen LogP contribution in [0.15, 0.2) is 0 Å². The molecule has 0 aromatic carbocycles. The molecule has 0 aliphatic rings. The number of halogens is 5. The van der Waals surface area contributed by atoms with E-state index in [0.29, 0.717) is 0 Å². The van der Waals surface area contributed by atoms with E-state index in [9.17, 15) is 0 Å². The van der Waals surface area contributed by atoms with Crippen LogP contribution in [0.3, 0.4) is 0 Å². The van der Waals surface area contributed by atoms with E-state index in [4.69, 9.17) is 0 Å². The largest absolute Gasteiger partial charge is 5.00 e. The molecule has 0 saturated heterocycles. The number of aromatic nitrogens is 30. The molecule has 620 valence electrons. The quantitative estimate of drug-likeness (QED) is 0.0424. The molecule has 0 aliphatic heterocycles. The van der Waals surface area contributed by atoms with E-state index in [0.717, 1.165) is 171 Å². The fourth-order valence-electron chi connectivity index (χ4n) is 19.1. The molecule has 42 heteroatoms. The second kappa shape index (κ2) is 41.4. The number of rotatable bonds is 15. The van der Waals surface area contributed by atoms with Crippen molar-refractivity contribution in [1.82, 2.24) is 153 Å². The minimum absolute atomic E-state index is 0. The molecule has 0 spiro atoms. The number of nitrogens with zero attached hydrogens (tertiary/aromatic N) is 15. The fourth-order valence-corrected chi connectivity index (χ4v) is 19.1. The zero-order chi connectivity index (χ0) is 80.1. The monoisotopic (exact) mass is 2020 g/mol. The summed E-state index contributed by atoms with van der Waals surface area (Å²) in [5, 5.41) is 113. The number of hydrogen-bond donors (Lipinski definition) is 15. The third-order valence-electron chi connectivity index (χ3n) is 24.5. The first-order valence-electron chi connectivity index (χ1n) is 38.3. The molecule has 0 atom stereocenters. The third-order valence-corrected chi connectivity index (χ3v) is 24.5. The Morgan fingerprint density at radius 3 is 0.205 bits per heavy atom. The second-order valence-electron chi connectivity index (χ2n) is 31.3. The van der Waals surface area contributed by atoms with E-state index in [1.165, 1.54) is 81.9 Å². The van der Waals surface area contributed by atoms with E-state index in [-0.39, 0.29) is 107 Å². The van der Waals surface area contributed by atoms with Crippen molar-refractivity contribution in [2.75, 3.05) is 0 Å². The van der Waals surface area contributed by atoms with Gasteiger partial charge in [0, 0.05) is 85.4 Å². The van der Waals surface area contributed by atoms with Crippen molar-refractivity contribution in [2.24, 2.45) is 0 Å². The maximum absolute atomic E-state index is 4.41. The Bertz CT molecular complexity index is 4130. The van der Waals surface area contributed by atoms with Crippen LogP contribution < -0.4 is 144 Å². The summed E-state index contributed by atoms with van der Waals surface area (Å²) < 4.78 is 0. The number of H-pyrrole nitrogens is 15. The molecule has 117 heavy (non-hydrogen) atoms. The molecule has 0 bridgehead atoms. The fraction of sp³-hybridized carbons (Fsp3) is 0.400. The van der Waals surface area contributed by atoms with E-state index in [1.807, 2.05) is 0 Å². The van der Waals surface area contributed by atoms with Crippen molar-refractivity contribution >= 4 is 116 Å². The third kappa shape index (κ3) is 19.7.